The fourth-order valence-corrected chi connectivity index (χ4v) is 3.63. The van der Waals surface area contributed by atoms with Gasteiger partial charge in [0, 0.05) is 10.5 Å². The van der Waals surface area contributed by atoms with Crippen LogP contribution in [-0.2, 0) is 19.3 Å². The van der Waals surface area contributed by atoms with Crippen molar-refractivity contribution in [3.8, 4) is 0 Å². The summed E-state index contributed by atoms with van der Waals surface area (Å²) in [5.74, 6) is -1.72. The third kappa shape index (κ3) is 4.50. The summed E-state index contributed by atoms with van der Waals surface area (Å²) in [6.07, 6.45) is 0. The van der Waals surface area contributed by atoms with E-state index in [0.717, 1.165) is 0 Å². The molecular weight excluding hydrogens is 314 g/mol. The predicted octanol–water partition coefficient (Wildman–Crippen LogP) is 2.92. The number of benzene rings is 2. The van der Waals surface area contributed by atoms with E-state index in [0.29, 0.717) is 10.5 Å². The van der Waals surface area contributed by atoms with Crippen LogP contribution in [0.15, 0.2) is 69.9 Å². The molecule has 2 rings (SSSR count). The van der Waals surface area contributed by atoms with E-state index in [1.165, 1.54) is 0 Å². The number of nitrogens with zero attached hydrogens (tertiary/aromatic N) is 1. The zero-order valence-corrected chi connectivity index (χ0v) is 13.5. The summed E-state index contributed by atoms with van der Waals surface area (Å²) in [4.78, 5) is 24.4. The molecule has 0 fully saturated rings. The van der Waals surface area contributed by atoms with Crippen LogP contribution in [0.25, 0.3) is 0 Å². The minimum atomic E-state index is -3.24. The molecular formula is C17H17NO4S. The SMILES string of the molecule is CCOC(=O)CS(=O)(=NC(=O)c1ccccc1)c1ccccc1. The smallest absolute Gasteiger partial charge is 0.319 e. The Morgan fingerprint density at radius 1 is 1.00 bits per heavy atom. The number of carbonyl (C=O) groups is 2. The molecule has 1 unspecified atom stereocenters. The fraction of sp³-hybridized carbons (Fsp3) is 0.176. The molecule has 1 amide bonds. The van der Waals surface area contributed by atoms with Gasteiger partial charge in [-0.25, -0.2) is 4.21 Å². The number of carbonyl (C=O) groups excluding carboxylic acids is 2. The Bertz CT molecular complexity index is 794. The van der Waals surface area contributed by atoms with Crippen LogP contribution in [0, 0.1) is 0 Å². The number of hydrogen-bond donors (Lipinski definition) is 0. The van der Waals surface area contributed by atoms with Crippen LogP contribution in [0.5, 0.6) is 0 Å². The van der Waals surface area contributed by atoms with Crippen LogP contribution in [0.2, 0.25) is 0 Å². The molecule has 0 N–H and O–H groups in total. The lowest BCUT2D eigenvalue weighted by Gasteiger charge is -2.09. The van der Waals surface area contributed by atoms with Crippen molar-refractivity contribution in [2.45, 2.75) is 11.8 Å². The van der Waals surface area contributed by atoms with Crippen molar-refractivity contribution in [2.75, 3.05) is 12.4 Å². The molecule has 0 bridgehead atoms. The predicted molar refractivity (Wildman–Crippen MR) is 87.6 cm³/mol. The summed E-state index contributed by atoms with van der Waals surface area (Å²) >= 11 is 0. The molecule has 0 radical (unpaired) electrons. The first-order valence-electron chi connectivity index (χ1n) is 7.10. The van der Waals surface area contributed by atoms with Gasteiger partial charge in [-0.05, 0) is 31.2 Å². The van der Waals surface area contributed by atoms with Crippen molar-refractivity contribution in [2.24, 2.45) is 4.36 Å². The largest absolute Gasteiger partial charge is 0.465 e. The maximum absolute atomic E-state index is 13.2. The maximum Gasteiger partial charge on any atom is 0.319 e. The second-order valence-electron chi connectivity index (χ2n) is 4.67. The van der Waals surface area contributed by atoms with Gasteiger partial charge in [0.2, 0.25) is 0 Å². The van der Waals surface area contributed by atoms with Crippen LogP contribution in [0.4, 0.5) is 0 Å². The van der Waals surface area contributed by atoms with Crippen molar-refractivity contribution in [1.29, 1.82) is 0 Å². The molecule has 0 saturated heterocycles. The summed E-state index contributed by atoms with van der Waals surface area (Å²) in [5, 5.41) is 0. The van der Waals surface area contributed by atoms with Crippen molar-refractivity contribution >= 4 is 21.6 Å². The van der Waals surface area contributed by atoms with Gasteiger partial charge in [0.1, 0.15) is 5.75 Å². The summed E-state index contributed by atoms with van der Waals surface area (Å²) in [7, 11) is -3.24. The zero-order valence-electron chi connectivity index (χ0n) is 12.7. The molecule has 0 aliphatic carbocycles. The molecule has 5 nitrogen and oxygen atoms in total. The monoisotopic (exact) mass is 331 g/mol. The first-order chi connectivity index (χ1) is 11.0. The summed E-state index contributed by atoms with van der Waals surface area (Å²) in [6.45, 7) is 1.84. The summed E-state index contributed by atoms with van der Waals surface area (Å²) in [5.41, 5.74) is 0.319. The Morgan fingerprint density at radius 2 is 1.57 bits per heavy atom. The van der Waals surface area contributed by atoms with Gasteiger partial charge in [-0.15, -0.1) is 0 Å². The van der Waals surface area contributed by atoms with Crippen molar-refractivity contribution < 1.29 is 18.5 Å². The van der Waals surface area contributed by atoms with Crippen molar-refractivity contribution in [3.05, 3.63) is 66.2 Å². The Hall–Kier alpha value is -2.47. The fourth-order valence-electron chi connectivity index (χ4n) is 1.93. The van der Waals surface area contributed by atoms with Gasteiger partial charge >= 0.3 is 5.97 Å². The molecule has 120 valence electrons. The van der Waals surface area contributed by atoms with E-state index in [2.05, 4.69) is 4.36 Å². The second kappa shape index (κ2) is 7.69. The highest BCUT2D eigenvalue weighted by atomic mass is 32.2. The molecule has 0 aliphatic rings. The Labute approximate surface area is 135 Å². The van der Waals surface area contributed by atoms with Crippen molar-refractivity contribution in [3.63, 3.8) is 0 Å². The van der Waals surface area contributed by atoms with Crippen LogP contribution < -0.4 is 0 Å². The molecule has 1 atom stereocenters. The van der Waals surface area contributed by atoms with Gasteiger partial charge in [-0.3, -0.25) is 9.59 Å². The lowest BCUT2D eigenvalue weighted by Crippen LogP contribution is -2.20. The third-order valence-corrected chi connectivity index (χ3v) is 5.08. The minimum Gasteiger partial charge on any atom is -0.465 e. The van der Waals surface area contributed by atoms with Gasteiger partial charge in [0.15, 0.2) is 0 Å². The van der Waals surface area contributed by atoms with Crippen LogP contribution in [0.1, 0.15) is 17.3 Å². The standard InChI is InChI=1S/C17H17NO4S/c1-2-22-16(19)13-23(21,15-11-7-4-8-12-15)18-17(20)14-9-5-3-6-10-14/h3-12H,2,13H2,1H3. The molecule has 23 heavy (non-hydrogen) atoms. The first-order valence-corrected chi connectivity index (χ1v) is 8.78. The number of ether oxygens (including phenoxy) is 1. The first kappa shape index (κ1) is 16.9. The molecule has 0 heterocycles. The van der Waals surface area contributed by atoms with Crippen LogP contribution in [0.3, 0.4) is 0 Å². The Morgan fingerprint density at radius 3 is 2.13 bits per heavy atom. The van der Waals surface area contributed by atoms with E-state index < -0.39 is 27.4 Å². The van der Waals surface area contributed by atoms with E-state index in [4.69, 9.17) is 4.74 Å². The van der Waals surface area contributed by atoms with Crippen LogP contribution in [-0.4, -0.2) is 28.4 Å². The third-order valence-electron chi connectivity index (χ3n) is 2.98. The van der Waals surface area contributed by atoms with Gasteiger partial charge < -0.3 is 4.74 Å². The van der Waals surface area contributed by atoms with Crippen molar-refractivity contribution in [1.82, 2.24) is 0 Å². The summed E-state index contributed by atoms with van der Waals surface area (Å²) < 4.78 is 21.9. The lowest BCUT2D eigenvalue weighted by molar-refractivity contribution is -0.139. The lowest BCUT2D eigenvalue weighted by atomic mass is 10.2. The number of rotatable bonds is 5. The molecule has 2 aromatic carbocycles. The molecule has 0 spiro atoms. The van der Waals surface area contributed by atoms with Crippen LogP contribution >= 0.6 is 0 Å². The van der Waals surface area contributed by atoms with E-state index in [1.807, 2.05) is 0 Å². The average molecular weight is 331 g/mol. The highest BCUT2D eigenvalue weighted by molar-refractivity contribution is 7.94. The quantitative estimate of drug-likeness (QED) is 0.790. The maximum atomic E-state index is 13.2. The highest BCUT2D eigenvalue weighted by Gasteiger charge is 2.21. The van der Waals surface area contributed by atoms with Gasteiger partial charge in [0.25, 0.3) is 5.91 Å². The van der Waals surface area contributed by atoms with Gasteiger partial charge in [0.05, 0.1) is 16.3 Å². The van der Waals surface area contributed by atoms with E-state index in [9.17, 15) is 13.8 Å². The average Bonchev–Trinajstić information content (AvgIpc) is 2.56. The minimum absolute atomic E-state index is 0.176. The van der Waals surface area contributed by atoms with E-state index in [-0.39, 0.29) is 6.61 Å². The van der Waals surface area contributed by atoms with Gasteiger partial charge in [-0.2, -0.15) is 4.36 Å². The molecule has 2 aromatic rings. The van der Waals surface area contributed by atoms with E-state index in [1.54, 1.807) is 67.6 Å². The molecule has 0 aliphatic heterocycles. The topological polar surface area (TPSA) is 72.8 Å². The highest BCUT2D eigenvalue weighted by Crippen LogP contribution is 2.16. The number of hydrogen-bond acceptors (Lipinski definition) is 4. The molecule has 6 heteroatoms. The molecule has 0 aromatic heterocycles. The van der Waals surface area contributed by atoms with E-state index >= 15 is 0 Å². The normalized spacial score (nSPS) is 12.9. The second-order valence-corrected chi connectivity index (χ2v) is 6.89. The summed E-state index contributed by atoms with van der Waals surface area (Å²) in [6, 6.07) is 16.6. The Kier molecular flexibility index (Phi) is 5.65. The molecule has 0 saturated carbocycles. The Balaban J connectivity index is 2.45. The number of esters is 1. The van der Waals surface area contributed by atoms with Gasteiger partial charge in [-0.1, -0.05) is 36.4 Å². The zero-order chi connectivity index (χ0) is 16.7. The number of amides is 1.